The molecule has 28 heavy (non-hydrogen) atoms. The van der Waals surface area contributed by atoms with Gasteiger partial charge in [0.2, 0.25) is 0 Å². The highest BCUT2D eigenvalue weighted by Gasteiger charge is 2.80. The van der Waals surface area contributed by atoms with Gasteiger partial charge in [0.15, 0.2) is 11.5 Å². The number of carbonyl (C=O) groups excluding carboxylic acids is 1. The number of likely N-dealkylation sites (tertiary alicyclic amines) is 1. The molecular weight excluding hydrogens is 354 g/mol. The summed E-state index contributed by atoms with van der Waals surface area (Å²) in [5, 5.41) is 0. The van der Waals surface area contributed by atoms with Crippen molar-refractivity contribution >= 4 is 5.78 Å². The number of benzene rings is 1. The Kier molecular flexibility index (Phi) is 3.16. The average Bonchev–Trinajstić information content (AvgIpc) is 3.07. The molecule has 6 aliphatic rings. The number of carbonyl (C=O) groups is 1. The van der Waals surface area contributed by atoms with Gasteiger partial charge in [0, 0.05) is 29.5 Å². The normalized spacial score (nSPS) is 44.8. The molecule has 7 rings (SSSR count). The third-order valence-electron chi connectivity index (χ3n) is 9.32. The van der Waals surface area contributed by atoms with E-state index >= 15 is 0 Å². The van der Waals surface area contributed by atoms with Gasteiger partial charge in [0.05, 0.1) is 13.0 Å². The summed E-state index contributed by atoms with van der Waals surface area (Å²) in [6, 6.07) is 4.75. The lowest BCUT2D eigenvalue weighted by Crippen LogP contribution is -2.81. The van der Waals surface area contributed by atoms with E-state index in [1.54, 1.807) is 21.1 Å². The largest absolute Gasteiger partial charge is 0.493 e. The van der Waals surface area contributed by atoms with Crippen LogP contribution in [0.2, 0.25) is 0 Å². The second-order valence-electron chi connectivity index (χ2n) is 9.73. The zero-order valence-electron chi connectivity index (χ0n) is 17.2. The Morgan fingerprint density at radius 3 is 2.79 bits per heavy atom. The maximum absolute atomic E-state index is 12.8. The van der Waals surface area contributed by atoms with Crippen LogP contribution in [0.4, 0.5) is 0 Å². The highest BCUT2D eigenvalue weighted by molar-refractivity contribution is 5.81. The lowest BCUT2D eigenvalue weighted by atomic mass is 9.34. The number of Topliss-reactive ketones (excluding diaryl/α,β-unsaturated/α-hetero) is 1. The number of piperidine rings is 1. The van der Waals surface area contributed by atoms with Crippen LogP contribution in [0.5, 0.6) is 11.5 Å². The zero-order valence-corrected chi connectivity index (χ0v) is 17.2. The first kappa shape index (κ1) is 17.3. The molecule has 1 aromatic rings. The fourth-order valence-electron chi connectivity index (χ4n) is 8.30. The van der Waals surface area contributed by atoms with Crippen molar-refractivity contribution in [1.29, 1.82) is 0 Å². The highest BCUT2D eigenvalue weighted by Crippen LogP contribution is 2.76. The number of ketones is 1. The number of hydrogen-bond acceptors (Lipinski definition) is 5. The summed E-state index contributed by atoms with van der Waals surface area (Å²) < 4.78 is 18.8. The number of likely N-dealkylation sites (N-methyl/N-ethyl adjacent to an activating group) is 1. The van der Waals surface area contributed by atoms with Crippen LogP contribution in [0.3, 0.4) is 0 Å². The molecule has 6 atom stereocenters. The molecular formula is C23H29NO4. The van der Waals surface area contributed by atoms with Crippen molar-refractivity contribution in [3.05, 3.63) is 23.3 Å². The molecule has 2 spiro atoms. The third-order valence-corrected chi connectivity index (χ3v) is 9.32. The van der Waals surface area contributed by atoms with Gasteiger partial charge in [0.1, 0.15) is 17.5 Å². The zero-order chi connectivity index (χ0) is 19.5. The summed E-state index contributed by atoms with van der Waals surface area (Å²) in [5.41, 5.74) is 2.25. The summed E-state index contributed by atoms with van der Waals surface area (Å²) in [5.74, 6) is 1.89. The number of rotatable bonds is 3. The first-order valence-electron chi connectivity index (χ1n) is 10.6. The molecule has 0 radical (unpaired) electrons. The van der Waals surface area contributed by atoms with Crippen LogP contribution in [0.15, 0.2) is 12.1 Å². The van der Waals surface area contributed by atoms with Crippen LogP contribution in [-0.2, 0) is 21.4 Å². The SMILES string of the molecule is COc1ccc2c3c1OC1C34CCN(C)C(C2)[C@]42CC[C@@]1(OC)C(C(C)=O)C2. The van der Waals surface area contributed by atoms with Crippen LogP contribution in [0.25, 0.3) is 0 Å². The predicted molar refractivity (Wildman–Crippen MR) is 104 cm³/mol. The van der Waals surface area contributed by atoms with Crippen molar-refractivity contribution in [2.45, 2.75) is 62.2 Å². The number of nitrogens with zero attached hydrogens (tertiary/aromatic N) is 1. The Bertz CT molecular complexity index is 899. The topological polar surface area (TPSA) is 48.0 Å². The standard InChI is InChI=1S/C23H29NO4/c1-13(25)15-12-21-7-8-23(15,27-4)20-22(21)9-10-24(2)17(21)11-14-5-6-16(26-3)19(28-20)18(14)22/h5-6,15,17,20H,7-12H2,1-4H3/t15?,17?,20?,21-,22?,23-/m1/s1. The maximum Gasteiger partial charge on any atom is 0.165 e. The van der Waals surface area contributed by atoms with Gasteiger partial charge >= 0.3 is 0 Å². The van der Waals surface area contributed by atoms with Crippen molar-refractivity contribution in [2.75, 3.05) is 27.8 Å². The van der Waals surface area contributed by atoms with E-state index in [1.807, 2.05) is 0 Å². The van der Waals surface area contributed by atoms with Gasteiger partial charge in [-0.05, 0) is 64.3 Å². The van der Waals surface area contributed by atoms with Crippen molar-refractivity contribution in [3.63, 3.8) is 0 Å². The van der Waals surface area contributed by atoms with E-state index in [2.05, 4.69) is 24.1 Å². The van der Waals surface area contributed by atoms with Crippen LogP contribution in [0, 0.1) is 11.3 Å². The monoisotopic (exact) mass is 383 g/mol. The molecule has 4 aliphatic carbocycles. The molecule has 1 aromatic carbocycles. The first-order valence-corrected chi connectivity index (χ1v) is 10.6. The molecule has 5 heteroatoms. The molecule has 4 fully saturated rings. The summed E-state index contributed by atoms with van der Waals surface area (Å²) in [7, 11) is 5.77. The molecule has 0 aromatic heterocycles. The average molecular weight is 383 g/mol. The fourth-order valence-corrected chi connectivity index (χ4v) is 8.30. The molecule has 0 amide bonds. The van der Waals surface area contributed by atoms with Crippen LogP contribution in [0.1, 0.15) is 43.7 Å². The number of fused-ring (bicyclic) bond motifs is 2. The van der Waals surface area contributed by atoms with Gasteiger partial charge in [-0.15, -0.1) is 0 Å². The minimum Gasteiger partial charge on any atom is -0.493 e. The molecule has 0 N–H and O–H groups in total. The van der Waals surface area contributed by atoms with E-state index in [0.717, 1.165) is 50.1 Å². The Labute approximate surface area is 166 Å². The van der Waals surface area contributed by atoms with E-state index in [-0.39, 0.29) is 28.6 Å². The van der Waals surface area contributed by atoms with Crippen molar-refractivity contribution < 1.29 is 19.0 Å². The van der Waals surface area contributed by atoms with E-state index < -0.39 is 5.60 Å². The van der Waals surface area contributed by atoms with Gasteiger partial charge in [-0.25, -0.2) is 0 Å². The summed E-state index contributed by atoms with van der Waals surface area (Å²) in [6.07, 6.45) is 4.91. The second-order valence-corrected chi connectivity index (χ2v) is 9.73. The third kappa shape index (κ3) is 1.53. The van der Waals surface area contributed by atoms with Gasteiger partial charge in [-0.2, -0.15) is 0 Å². The first-order chi connectivity index (χ1) is 13.4. The highest BCUT2D eigenvalue weighted by atomic mass is 16.6. The lowest BCUT2D eigenvalue weighted by molar-refractivity contribution is -0.270. The van der Waals surface area contributed by atoms with Gasteiger partial charge in [0.25, 0.3) is 0 Å². The Morgan fingerprint density at radius 1 is 1.25 bits per heavy atom. The summed E-state index contributed by atoms with van der Waals surface area (Å²) >= 11 is 0. The molecule has 1 saturated heterocycles. The Morgan fingerprint density at radius 2 is 2.07 bits per heavy atom. The smallest absolute Gasteiger partial charge is 0.165 e. The predicted octanol–water partition coefficient (Wildman–Crippen LogP) is 2.73. The van der Waals surface area contributed by atoms with Crippen LogP contribution >= 0.6 is 0 Å². The molecule has 4 unspecified atom stereocenters. The summed E-state index contributed by atoms with van der Waals surface area (Å²) in [4.78, 5) is 15.4. The van der Waals surface area contributed by atoms with Crippen LogP contribution < -0.4 is 9.47 Å². The molecule has 5 nitrogen and oxygen atoms in total. The van der Waals surface area contributed by atoms with Crippen LogP contribution in [-0.4, -0.2) is 56.2 Å². The molecule has 2 aliphatic heterocycles. The Hall–Kier alpha value is -1.59. The number of ether oxygens (including phenoxy) is 3. The number of methoxy groups -OCH3 is 2. The van der Waals surface area contributed by atoms with Gasteiger partial charge in [-0.3, -0.25) is 4.79 Å². The lowest BCUT2D eigenvalue weighted by Gasteiger charge is -2.73. The number of hydrogen-bond donors (Lipinski definition) is 0. The Balaban J connectivity index is 1.69. The van der Waals surface area contributed by atoms with Crippen molar-refractivity contribution in [1.82, 2.24) is 4.90 Å². The van der Waals surface area contributed by atoms with Gasteiger partial charge in [-0.1, -0.05) is 6.07 Å². The minimum atomic E-state index is -0.535. The quantitative estimate of drug-likeness (QED) is 0.803. The fraction of sp³-hybridized carbons (Fsp3) is 0.696. The van der Waals surface area contributed by atoms with Crippen molar-refractivity contribution in [2.24, 2.45) is 11.3 Å². The molecule has 2 heterocycles. The molecule has 4 bridgehead atoms. The van der Waals surface area contributed by atoms with E-state index in [0.29, 0.717) is 6.04 Å². The molecule has 150 valence electrons. The minimum absolute atomic E-state index is 0.0676. The van der Waals surface area contributed by atoms with E-state index in [4.69, 9.17) is 14.2 Å². The second kappa shape index (κ2) is 5.11. The maximum atomic E-state index is 12.8. The summed E-state index contributed by atoms with van der Waals surface area (Å²) in [6.45, 7) is 2.80. The van der Waals surface area contributed by atoms with Gasteiger partial charge < -0.3 is 19.1 Å². The van der Waals surface area contributed by atoms with Crippen molar-refractivity contribution in [3.8, 4) is 11.5 Å². The van der Waals surface area contributed by atoms with E-state index in [1.165, 1.54) is 11.1 Å². The molecule has 3 saturated carbocycles. The van der Waals surface area contributed by atoms with E-state index in [9.17, 15) is 4.79 Å².